The van der Waals surface area contributed by atoms with E-state index in [9.17, 15) is 4.79 Å². The van der Waals surface area contributed by atoms with Gasteiger partial charge in [-0.05, 0) is 32.9 Å². The monoisotopic (exact) mass is 339 g/mol. The molecule has 0 saturated carbocycles. The molecule has 0 aliphatic carbocycles. The first-order chi connectivity index (χ1) is 12.0. The van der Waals surface area contributed by atoms with Gasteiger partial charge >= 0.3 is 0 Å². The zero-order valence-corrected chi connectivity index (χ0v) is 15.1. The molecule has 1 saturated heterocycles. The number of hydrogen-bond acceptors (Lipinski definition) is 5. The second-order valence-electron chi connectivity index (χ2n) is 6.60. The molecule has 0 unspecified atom stereocenters. The fraction of sp³-hybridized carbons (Fsp3) is 0.421. The zero-order valence-electron chi connectivity index (χ0n) is 15.1. The minimum atomic E-state index is -0.148. The van der Waals surface area contributed by atoms with Crippen LogP contribution in [0.15, 0.2) is 36.4 Å². The predicted octanol–water partition coefficient (Wildman–Crippen LogP) is 2.25. The normalized spacial score (nSPS) is 14.7. The lowest BCUT2D eigenvalue weighted by Gasteiger charge is -2.36. The molecule has 2 heterocycles. The standard InChI is InChI=1S/C19H25N5O/c1-14(2)20-19(25)17-13-18(22-15(3)21-17)24-11-9-23(10-12-24)16-7-5-4-6-8-16/h4-8,13-14H,9-12H2,1-3H3,(H,20,25). The summed E-state index contributed by atoms with van der Waals surface area (Å²) in [6.07, 6.45) is 0. The van der Waals surface area contributed by atoms with Gasteiger partial charge in [0.25, 0.3) is 5.91 Å². The van der Waals surface area contributed by atoms with Crippen LogP contribution >= 0.6 is 0 Å². The third-order valence-corrected chi connectivity index (χ3v) is 4.20. The van der Waals surface area contributed by atoms with Gasteiger partial charge in [0, 0.05) is 44.0 Å². The van der Waals surface area contributed by atoms with E-state index in [1.807, 2.05) is 26.8 Å². The lowest BCUT2D eigenvalue weighted by molar-refractivity contribution is 0.0937. The van der Waals surface area contributed by atoms with E-state index in [1.54, 1.807) is 6.07 Å². The molecule has 0 bridgehead atoms. The van der Waals surface area contributed by atoms with E-state index >= 15 is 0 Å². The summed E-state index contributed by atoms with van der Waals surface area (Å²) in [5.74, 6) is 1.30. The molecule has 132 valence electrons. The number of benzene rings is 1. The van der Waals surface area contributed by atoms with Crippen molar-refractivity contribution in [3.05, 3.63) is 47.9 Å². The molecule has 6 heteroatoms. The second kappa shape index (κ2) is 7.51. The van der Waals surface area contributed by atoms with Gasteiger partial charge in [0.05, 0.1) is 0 Å². The van der Waals surface area contributed by atoms with Crippen molar-refractivity contribution in [2.45, 2.75) is 26.8 Å². The van der Waals surface area contributed by atoms with Gasteiger partial charge in [-0.2, -0.15) is 0 Å². The van der Waals surface area contributed by atoms with Gasteiger partial charge in [-0.1, -0.05) is 18.2 Å². The van der Waals surface area contributed by atoms with E-state index in [-0.39, 0.29) is 11.9 Å². The minimum Gasteiger partial charge on any atom is -0.368 e. The third-order valence-electron chi connectivity index (χ3n) is 4.20. The summed E-state index contributed by atoms with van der Waals surface area (Å²) in [6, 6.07) is 12.3. The van der Waals surface area contributed by atoms with Crippen LogP contribution in [0.25, 0.3) is 0 Å². The van der Waals surface area contributed by atoms with Crippen molar-refractivity contribution in [1.29, 1.82) is 0 Å². The number of nitrogens with zero attached hydrogens (tertiary/aromatic N) is 4. The molecule has 0 spiro atoms. The summed E-state index contributed by atoms with van der Waals surface area (Å²) < 4.78 is 0. The van der Waals surface area contributed by atoms with Crippen LogP contribution < -0.4 is 15.1 Å². The fourth-order valence-corrected chi connectivity index (χ4v) is 3.00. The largest absolute Gasteiger partial charge is 0.368 e. The van der Waals surface area contributed by atoms with E-state index in [1.165, 1.54) is 5.69 Å². The highest BCUT2D eigenvalue weighted by molar-refractivity contribution is 5.93. The smallest absolute Gasteiger partial charge is 0.270 e. The predicted molar refractivity (Wildman–Crippen MR) is 100 cm³/mol. The number of anilines is 2. The maximum Gasteiger partial charge on any atom is 0.270 e. The Morgan fingerprint density at radius 1 is 1.04 bits per heavy atom. The molecule has 1 amide bonds. The van der Waals surface area contributed by atoms with Crippen LogP contribution in [-0.2, 0) is 0 Å². The Labute approximate surface area is 148 Å². The number of amides is 1. The Balaban J connectivity index is 1.71. The topological polar surface area (TPSA) is 61.4 Å². The SMILES string of the molecule is Cc1nc(C(=O)NC(C)C)cc(N2CCN(c3ccccc3)CC2)n1. The average Bonchev–Trinajstić information content (AvgIpc) is 2.61. The molecular weight excluding hydrogens is 314 g/mol. The summed E-state index contributed by atoms with van der Waals surface area (Å²) >= 11 is 0. The van der Waals surface area contributed by atoms with E-state index < -0.39 is 0 Å². The Hall–Kier alpha value is -2.63. The van der Waals surface area contributed by atoms with E-state index in [2.05, 4.69) is 49.4 Å². The van der Waals surface area contributed by atoms with Crippen molar-refractivity contribution in [3.8, 4) is 0 Å². The second-order valence-corrected chi connectivity index (χ2v) is 6.60. The quantitative estimate of drug-likeness (QED) is 0.926. The van der Waals surface area contributed by atoms with Crippen molar-refractivity contribution < 1.29 is 4.79 Å². The molecule has 0 radical (unpaired) electrons. The Bertz CT molecular complexity index is 724. The number of carbonyl (C=O) groups excluding carboxylic acids is 1. The number of nitrogens with one attached hydrogen (secondary N) is 1. The number of carbonyl (C=O) groups is 1. The van der Waals surface area contributed by atoms with Crippen molar-refractivity contribution in [3.63, 3.8) is 0 Å². The molecule has 1 aromatic carbocycles. The summed E-state index contributed by atoms with van der Waals surface area (Å²) in [5.41, 5.74) is 1.68. The maximum absolute atomic E-state index is 12.3. The van der Waals surface area contributed by atoms with Gasteiger partial charge in [0.1, 0.15) is 17.3 Å². The molecule has 1 N–H and O–H groups in total. The first-order valence-electron chi connectivity index (χ1n) is 8.74. The first kappa shape index (κ1) is 17.2. The average molecular weight is 339 g/mol. The Morgan fingerprint density at radius 2 is 1.68 bits per heavy atom. The molecule has 1 aliphatic heterocycles. The first-order valence-corrected chi connectivity index (χ1v) is 8.74. The van der Waals surface area contributed by atoms with Crippen LogP contribution in [0.3, 0.4) is 0 Å². The van der Waals surface area contributed by atoms with Crippen molar-refractivity contribution in [1.82, 2.24) is 15.3 Å². The fourth-order valence-electron chi connectivity index (χ4n) is 3.00. The molecule has 1 aliphatic rings. The van der Waals surface area contributed by atoms with Gasteiger partial charge in [-0.15, -0.1) is 0 Å². The van der Waals surface area contributed by atoms with Crippen molar-refractivity contribution >= 4 is 17.4 Å². The molecule has 1 fully saturated rings. The van der Waals surface area contributed by atoms with Crippen LogP contribution in [0.2, 0.25) is 0 Å². The highest BCUT2D eigenvalue weighted by Gasteiger charge is 2.20. The molecular formula is C19H25N5O. The van der Waals surface area contributed by atoms with Crippen LogP contribution in [-0.4, -0.2) is 48.1 Å². The molecule has 6 nitrogen and oxygen atoms in total. The molecule has 1 aromatic heterocycles. The van der Waals surface area contributed by atoms with E-state index in [0.29, 0.717) is 11.5 Å². The van der Waals surface area contributed by atoms with Crippen molar-refractivity contribution in [2.75, 3.05) is 36.0 Å². The number of rotatable bonds is 4. The summed E-state index contributed by atoms with van der Waals surface area (Å²) in [6.45, 7) is 9.32. The number of para-hydroxylation sites is 1. The maximum atomic E-state index is 12.3. The van der Waals surface area contributed by atoms with Crippen LogP contribution in [0, 0.1) is 6.92 Å². The Morgan fingerprint density at radius 3 is 2.32 bits per heavy atom. The van der Waals surface area contributed by atoms with Gasteiger partial charge in [-0.3, -0.25) is 4.79 Å². The highest BCUT2D eigenvalue weighted by atomic mass is 16.1. The Kier molecular flexibility index (Phi) is 5.16. The minimum absolute atomic E-state index is 0.0839. The number of aromatic nitrogens is 2. The summed E-state index contributed by atoms with van der Waals surface area (Å²) in [4.78, 5) is 25.7. The molecule has 25 heavy (non-hydrogen) atoms. The molecule has 2 aromatic rings. The van der Waals surface area contributed by atoms with Crippen LogP contribution in [0.4, 0.5) is 11.5 Å². The number of aryl methyl sites for hydroxylation is 1. The lowest BCUT2D eigenvalue weighted by atomic mass is 10.2. The van der Waals surface area contributed by atoms with Crippen LogP contribution in [0.1, 0.15) is 30.2 Å². The van der Waals surface area contributed by atoms with E-state index in [4.69, 9.17) is 0 Å². The van der Waals surface area contributed by atoms with Gasteiger partial charge in [0.15, 0.2) is 0 Å². The number of piperazine rings is 1. The van der Waals surface area contributed by atoms with Gasteiger partial charge < -0.3 is 15.1 Å². The molecule has 0 atom stereocenters. The van der Waals surface area contributed by atoms with Gasteiger partial charge in [0.2, 0.25) is 0 Å². The van der Waals surface area contributed by atoms with Crippen molar-refractivity contribution in [2.24, 2.45) is 0 Å². The molecule has 3 rings (SSSR count). The zero-order chi connectivity index (χ0) is 17.8. The number of hydrogen-bond donors (Lipinski definition) is 1. The third kappa shape index (κ3) is 4.26. The highest BCUT2D eigenvalue weighted by Crippen LogP contribution is 2.19. The summed E-state index contributed by atoms with van der Waals surface area (Å²) in [7, 11) is 0. The lowest BCUT2D eigenvalue weighted by Crippen LogP contribution is -2.47. The van der Waals surface area contributed by atoms with E-state index in [0.717, 1.165) is 32.0 Å². The summed E-state index contributed by atoms with van der Waals surface area (Å²) in [5, 5.41) is 2.89. The van der Waals surface area contributed by atoms with Gasteiger partial charge in [-0.25, -0.2) is 9.97 Å². The van der Waals surface area contributed by atoms with Crippen LogP contribution in [0.5, 0.6) is 0 Å².